The minimum atomic E-state index is -0.372. The molecule has 2 aliphatic heterocycles. The first-order valence-electron chi connectivity index (χ1n) is 8.02. The SMILES string of the molecule is Cn1nc2c(c1NC(=O)[C@@H]1CC(=O)N(c3ccc(Cl)cc3)C1)CSC2. The van der Waals surface area contributed by atoms with Crippen LogP contribution in [-0.2, 0) is 28.1 Å². The topological polar surface area (TPSA) is 67.2 Å². The maximum absolute atomic E-state index is 12.7. The number of hydrogen-bond acceptors (Lipinski definition) is 4. The molecular formula is C17H17ClN4O2S. The lowest BCUT2D eigenvalue weighted by molar-refractivity contribution is -0.122. The molecule has 1 fully saturated rings. The maximum Gasteiger partial charge on any atom is 0.230 e. The molecule has 3 heterocycles. The first kappa shape index (κ1) is 16.5. The Hall–Kier alpha value is -1.99. The highest BCUT2D eigenvalue weighted by Gasteiger charge is 2.36. The molecule has 8 heteroatoms. The first-order valence-corrected chi connectivity index (χ1v) is 9.55. The van der Waals surface area contributed by atoms with Gasteiger partial charge in [0.15, 0.2) is 0 Å². The number of hydrogen-bond donors (Lipinski definition) is 1. The fourth-order valence-electron chi connectivity index (χ4n) is 3.27. The van der Waals surface area contributed by atoms with E-state index in [0.29, 0.717) is 11.6 Å². The Morgan fingerprint density at radius 2 is 2.08 bits per heavy atom. The summed E-state index contributed by atoms with van der Waals surface area (Å²) in [6.07, 6.45) is 0.212. The molecule has 2 aromatic rings. The van der Waals surface area contributed by atoms with Gasteiger partial charge in [-0.2, -0.15) is 16.9 Å². The standard InChI is InChI=1S/C17H17ClN4O2S/c1-21-16(13-8-25-9-14(13)20-21)19-17(24)10-6-15(23)22(7-10)12-4-2-11(18)3-5-12/h2-5,10H,6-9H2,1H3,(H,19,24)/t10-/m1/s1. The minimum absolute atomic E-state index is 0.0479. The van der Waals surface area contributed by atoms with E-state index >= 15 is 0 Å². The summed E-state index contributed by atoms with van der Waals surface area (Å²) in [5.74, 6) is 1.94. The van der Waals surface area contributed by atoms with Gasteiger partial charge in [0.1, 0.15) is 5.82 Å². The van der Waals surface area contributed by atoms with Gasteiger partial charge in [-0.05, 0) is 24.3 Å². The zero-order chi connectivity index (χ0) is 17.6. The van der Waals surface area contributed by atoms with Gasteiger partial charge >= 0.3 is 0 Å². The van der Waals surface area contributed by atoms with Crippen LogP contribution in [-0.4, -0.2) is 28.1 Å². The van der Waals surface area contributed by atoms with Gasteiger partial charge in [0.25, 0.3) is 0 Å². The van der Waals surface area contributed by atoms with E-state index in [1.807, 2.05) is 7.05 Å². The van der Waals surface area contributed by atoms with Gasteiger partial charge in [0, 0.05) is 47.8 Å². The lowest BCUT2D eigenvalue weighted by Crippen LogP contribution is -2.28. The van der Waals surface area contributed by atoms with Gasteiger partial charge < -0.3 is 10.2 Å². The smallest absolute Gasteiger partial charge is 0.230 e. The lowest BCUT2D eigenvalue weighted by atomic mass is 10.1. The molecule has 0 saturated carbocycles. The second kappa shape index (κ2) is 6.38. The van der Waals surface area contributed by atoms with Crippen molar-refractivity contribution < 1.29 is 9.59 Å². The Morgan fingerprint density at radius 1 is 1.32 bits per heavy atom. The molecule has 130 valence electrons. The van der Waals surface area contributed by atoms with Crippen LogP contribution in [0.1, 0.15) is 17.7 Å². The number of fused-ring (bicyclic) bond motifs is 1. The monoisotopic (exact) mass is 376 g/mol. The number of aromatic nitrogens is 2. The van der Waals surface area contributed by atoms with Crippen molar-refractivity contribution in [2.75, 3.05) is 16.8 Å². The molecule has 4 rings (SSSR count). The number of rotatable bonds is 3. The summed E-state index contributed by atoms with van der Waals surface area (Å²) in [5.41, 5.74) is 2.90. The van der Waals surface area contributed by atoms with E-state index in [4.69, 9.17) is 11.6 Å². The number of nitrogens with zero attached hydrogens (tertiary/aromatic N) is 3. The molecule has 0 spiro atoms. The van der Waals surface area contributed by atoms with E-state index in [9.17, 15) is 9.59 Å². The zero-order valence-corrected chi connectivity index (χ0v) is 15.2. The van der Waals surface area contributed by atoms with E-state index in [1.165, 1.54) is 0 Å². The largest absolute Gasteiger partial charge is 0.312 e. The molecule has 1 saturated heterocycles. The zero-order valence-electron chi connectivity index (χ0n) is 13.7. The van der Waals surface area contributed by atoms with Crippen LogP contribution in [0.5, 0.6) is 0 Å². The van der Waals surface area contributed by atoms with Crippen LogP contribution in [0.25, 0.3) is 0 Å². The van der Waals surface area contributed by atoms with Gasteiger partial charge in [-0.3, -0.25) is 14.3 Å². The maximum atomic E-state index is 12.7. The van der Waals surface area contributed by atoms with E-state index in [2.05, 4.69) is 10.4 Å². The second-order valence-corrected chi connectivity index (χ2v) is 7.68. The number of carbonyl (C=O) groups excluding carboxylic acids is 2. The number of halogens is 1. The number of carbonyl (C=O) groups is 2. The van der Waals surface area contributed by atoms with Gasteiger partial charge in [-0.25, -0.2) is 0 Å². The molecule has 1 aromatic heterocycles. The summed E-state index contributed by atoms with van der Waals surface area (Å²) in [7, 11) is 1.83. The van der Waals surface area contributed by atoms with Crippen molar-refractivity contribution in [3.05, 3.63) is 40.5 Å². The molecule has 0 aliphatic carbocycles. The Bertz CT molecular complexity index is 849. The van der Waals surface area contributed by atoms with Crippen molar-refractivity contribution in [3.8, 4) is 0 Å². The molecule has 0 radical (unpaired) electrons. The number of aryl methyl sites for hydroxylation is 1. The lowest BCUT2D eigenvalue weighted by Gasteiger charge is -2.17. The number of nitrogens with one attached hydrogen (secondary N) is 1. The summed E-state index contributed by atoms with van der Waals surface area (Å²) < 4.78 is 1.72. The van der Waals surface area contributed by atoms with Gasteiger partial charge in [0.2, 0.25) is 11.8 Å². The summed E-state index contributed by atoms with van der Waals surface area (Å²) in [5, 5.41) is 8.05. The predicted molar refractivity (Wildman–Crippen MR) is 98.7 cm³/mol. The molecule has 1 aromatic carbocycles. The molecule has 6 nitrogen and oxygen atoms in total. The van der Waals surface area contributed by atoms with Gasteiger partial charge in [-0.1, -0.05) is 11.6 Å². The number of anilines is 2. The molecule has 2 amide bonds. The highest BCUT2D eigenvalue weighted by Crippen LogP contribution is 2.35. The van der Waals surface area contributed by atoms with Gasteiger partial charge in [-0.15, -0.1) is 0 Å². The Morgan fingerprint density at radius 3 is 2.84 bits per heavy atom. The van der Waals surface area contributed by atoms with E-state index in [0.717, 1.165) is 34.3 Å². The number of amides is 2. The third-order valence-corrected chi connectivity index (χ3v) is 5.81. The Kier molecular flexibility index (Phi) is 4.21. The Balaban J connectivity index is 1.49. The first-order chi connectivity index (χ1) is 12.0. The quantitative estimate of drug-likeness (QED) is 0.894. The molecule has 2 aliphatic rings. The average molecular weight is 377 g/mol. The molecular weight excluding hydrogens is 360 g/mol. The van der Waals surface area contributed by atoms with Crippen LogP contribution in [0, 0.1) is 5.92 Å². The predicted octanol–water partition coefficient (Wildman–Crippen LogP) is 2.81. The number of benzene rings is 1. The van der Waals surface area contributed by atoms with E-state index < -0.39 is 0 Å². The van der Waals surface area contributed by atoms with Crippen LogP contribution in [0.3, 0.4) is 0 Å². The van der Waals surface area contributed by atoms with E-state index in [-0.39, 0.29) is 24.2 Å². The minimum Gasteiger partial charge on any atom is -0.312 e. The Labute approximate surface area is 154 Å². The summed E-state index contributed by atoms with van der Waals surface area (Å²) >= 11 is 7.69. The fourth-order valence-corrected chi connectivity index (χ4v) is 4.43. The van der Waals surface area contributed by atoms with Crippen LogP contribution in [0.4, 0.5) is 11.5 Å². The van der Waals surface area contributed by atoms with Crippen molar-refractivity contribution in [1.82, 2.24) is 9.78 Å². The van der Waals surface area contributed by atoms with Crippen LogP contribution >= 0.6 is 23.4 Å². The average Bonchev–Trinajstić information content (AvgIpc) is 3.26. The molecule has 0 bridgehead atoms. The second-order valence-electron chi connectivity index (χ2n) is 6.26. The third kappa shape index (κ3) is 3.02. The van der Waals surface area contributed by atoms with Crippen molar-refractivity contribution >= 4 is 46.7 Å². The molecule has 25 heavy (non-hydrogen) atoms. The third-order valence-electron chi connectivity index (χ3n) is 4.59. The highest BCUT2D eigenvalue weighted by molar-refractivity contribution is 7.98. The van der Waals surface area contributed by atoms with Crippen molar-refractivity contribution in [2.24, 2.45) is 13.0 Å². The summed E-state index contributed by atoms with van der Waals surface area (Å²) in [6.45, 7) is 0.376. The number of thioether (sulfide) groups is 1. The van der Waals surface area contributed by atoms with Crippen LogP contribution in [0.2, 0.25) is 5.02 Å². The highest BCUT2D eigenvalue weighted by atomic mass is 35.5. The molecule has 1 N–H and O–H groups in total. The van der Waals surface area contributed by atoms with E-state index in [1.54, 1.807) is 45.6 Å². The fraction of sp³-hybridized carbons (Fsp3) is 0.353. The summed E-state index contributed by atoms with van der Waals surface area (Å²) in [4.78, 5) is 26.6. The normalized spacial score (nSPS) is 19.4. The van der Waals surface area contributed by atoms with Crippen molar-refractivity contribution in [3.63, 3.8) is 0 Å². The van der Waals surface area contributed by atoms with Crippen molar-refractivity contribution in [1.29, 1.82) is 0 Å². The van der Waals surface area contributed by atoms with Crippen LogP contribution in [0.15, 0.2) is 24.3 Å². The summed E-state index contributed by atoms with van der Waals surface area (Å²) in [6, 6.07) is 7.08. The van der Waals surface area contributed by atoms with Gasteiger partial charge in [0.05, 0.1) is 11.6 Å². The van der Waals surface area contributed by atoms with Crippen molar-refractivity contribution in [2.45, 2.75) is 17.9 Å². The molecule has 0 unspecified atom stereocenters. The van der Waals surface area contributed by atoms with Crippen LogP contribution < -0.4 is 10.2 Å². The molecule has 1 atom stereocenters.